The van der Waals surface area contributed by atoms with Crippen molar-refractivity contribution in [2.24, 2.45) is 0 Å². The molecule has 104 valence electrons. The molecule has 3 nitrogen and oxygen atoms in total. The Morgan fingerprint density at radius 3 is 2.80 bits per heavy atom. The molecule has 0 saturated carbocycles. The largest absolute Gasteiger partial charge is 0.492 e. The van der Waals surface area contributed by atoms with E-state index in [1.165, 1.54) is 5.56 Å². The highest BCUT2D eigenvalue weighted by Gasteiger charge is 2.22. The molecule has 1 N–H and O–H groups in total. The van der Waals surface area contributed by atoms with E-state index in [4.69, 9.17) is 9.47 Å². The lowest BCUT2D eigenvalue weighted by Crippen LogP contribution is -2.24. The minimum Gasteiger partial charge on any atom is -0.492 e. The van der Waals surface area contributed by atoms with E-state index in [0.29, 0.717) is 6.61 Å². The second-order valence-electron chi connectivity index (χ2n) is 4.86. The summed E-state index contributed by atoms with van der Waals surface area (Å²) < 4.78 is 11.5. The molecule has 0 saturated heterocycles. The summed E-state index contributed by atoms with van der Waals surface area (Å²) in [5.74, 6) is 1.91. The van der Waals surface area contributed by atoms with Gasteiger partial charge >= 0.3 is 0 Å². The fraction of sp³-hybridized carbons (Fsp3) is 0.294. The van der Waals surface area contributed by atoms with Crippen LogP contribution in [0.5, 0.6) is 11.5 Å². The lowest BCUT2D eigenvalue weighted by atomic mass is 10.1. The van der Waals surface area contributed by atoms with Crippen LogP contribution in [0.2, 0.25) is 0 Å². The van der Waals surface area contributed by atoms with E-state index in [9.17, 15) is 0 Å². The van der Waals surface area contributed by atoms with Crippen molar-refractivity contribution in [2.75, 3.05) is 18.5 Å². The molecular weight excluding hydrogens is 250 g/mol. The fourth-order valence-electron chi connectivity index (χ4n) is 2.49. The van der Waals surface area contributed by atoms with Gasteiger partial charge in [0.1, 0.15) is 17.6 Å². The Balaban J connectivity index is 1.61. The van der Waals surface area contributed by atoms with Crippen LogP contribution in [0.1, 0.15) is 12.5 Å². The second-order valence-corrected chi connectivity index (χ2v) is 4.86. The molecule has 3 rings (SSSR count). The molecule has 20 heavy (non-hydrogen) atoms. The molecule has 3 heteroatoms. The van der Waals surface area contributed by atoms with Gasteiger partial charge in [0.15, 0.2) is 0 Å². The SMILES string of the molecule is CCOc1ccccc1NCC1Cc2ccccc2O1. The number of nitrogens with one attached hydrogen (secondary N) is 1. The molecule has 1 aliphatic heterocycles. The van der Waals surface area contributed by atoms with Gasteiger partial charge in [0.2, 0.25) is 0 Å². The van der Waals surface area contributed by atoms with Gasteiger partial charge < -0.3 is 14.8 Å². The summed E-state index contributed by atoms with van der Waals surface area (Å²) in [4.78, 5) is 0. The lowest BCUT2D eigenvalue weighted by Gasteiger charge is -2.15. The number of rotatable bonds is 5. The second kappa shape index (κ2) is 5.87. The first-order valence-corrected chi connectivity index (χ1v) is 7.07. The zero-order chi connectivity index (χ0) is 13.8. The zero-order valence-corrected chi connectivity index (χ0v) is 11.6. The average molecular weight is 269 g/mol. The maximum Gasteiger partial charge on any atom is 0.142 e. The van der Waals surface area contributed by atoms with Gasteiger partial charge in [-0.25, -0.2) is 0 Å². The van der Waals surface area contributed by atoms with E-state index in [1.807, 2.05) is 43.3 Å². The number of hydrogen-bond donors (Lipinski definition) is 1. The molecular formula is C17H19NO2. The van der Waals surface area contributed by atoms with Crippen LogP contribution in [0.25, 0.3) is 0 Å². The van der Waals surface area contributed by atoms with E-state index in [-0.39, 0.29) is 6.10 Å². The van der Waals surface area contributed by atoms with Crippen molar-refractivity contribution in [3.05, 3.63) is 54.1 Å². The Labute approximate surface area is 119 Å². The van der Waals surface area contributed by atoms with Crippen molar-refractivity contribution >= 4 is 5.69 Å². The number of fused-ring (bicyclic) bond motifs is 1. The van der Waals surface area contributed by atoms with E-state index < -0.39 is 0 Å². The molecule has 0 fully saturated rings. The summed E-state index contributed by atoms with van der Waals surface area (Å²) >= 11 is 0. The van der Waals surface area contributed by atoms with Crippen LogP contribution in [0.4, 0.5) is 5.69 Å². The third-order valence-corrected chi connectivity index (χ3v) is 3.42. The van der Waals surface area contributed by atoms with Gasteiger partial charge in [0.25, 0.3) is 0 Å². The molecule has 2 aromatic rings. The maximum atomic E-state index is 5.93. The van der Waals surface area contributed by atoms with E-state index in [2.05, 4.69) is 17.4 Å². The first kappa shape index (κ1) is 12.9. The van der Waals surface area contributed by atoms with Crippen molar-refractivity contribution in [1.82, 2.24) is 0 Å². The Morgan fingerprint density at radius 1 is 1.15 bits per heavy atom. The zero-order valence-electron chi connectivity index (χ0n) is 11.6. The number of benzene rings is 2. The highest BCUT2D eigenvalue weighted by molar-refractivity contribution is 5.56. The minimum absolute atomic E-state index is 0.182. The van der Waals surface area contributed by atoms with Gasteiger partial charge in [0, 0.05) is 6.42 Å². The minimum atomic E-state index is 0.182. The van der Waals surface area contributed by atoms with Crippen molar-refractivity contribution in [1.29, 1.82) is 0 Å². The molecule has 1 heterocycles. The third-order valence-electron chi connectivity index (χ3n) is 3.42. The predicted molar refractivity (Wildman–Crippen MR) is 80.7 cm³/mol. The number of hydrogen-bond acceptors (Lipinski definition) is 3. The van der Waals surface area contributed by atoms with Crippen molar-refractivity contribution in [3.63, 3.8) is 0 Å². The van der Waals surface area contributed by atoms with Crippen molar-refractivity contribution in [3.8, 4) is 11.5 Å². The first-order valence-electron chi connectivity index (χ1n) is 7.07. The van der Waals surface area contributed by atoms with Gasteiger partial charge in [-0.15, -0.1) is 0 Å². The Hall–Kier alpha value is -2.16. The van der Waals surface area contributed by atoms with Gasteiger partial charge in [-0.05, 0) is 30.7 Å². The highest BCUT2D eigenvalue weighted by Crippen LogP contribution is 2.29. The van der Waals surface area contributed by atoms with Crippen LogP contribution < -0.4 is 14.8 Å². The molecule has 0 bridgehead atoms. The summed E-state index contributed by atoms with van der Waals surface area (Å²) in [5, 5.41) is 3.42. The first-order chi connectivity index (χ1) is 9.86. The molecule has 0 amide bonds. The molecule has 0 aromatic heterocycles. The molecule has 0 spiro atoms. The number of anilines is 1. The van der Waals surface area contributed by atoms with Crippen LogP contribution in [0.15, 0.2) is 48.5 Å². The van der Waals surface area contributed by atoms with Crippen LogP contribution in [0.3, 0.4) is 0 Å². The molecule has 1 atom stereocenters. The van der Waals surface area contributed by atoms with E-state index in [1.54, 1.807) is 0 Å². The van der Waals surface area contributed by atoms with Crippen LogP contribution in [0, 0.1) is 0 Å². The van der Waals surface area contributed by atoms with Gasteiger partial charge in [0.05, 0.1) is 18.8 Å². The van der Waals surface area contributed by atoms with E-state index in [0.717, 1.165) is 30.2 Å². The summed E-state index contributed by atoms with van der Waals surface area (Å²) in [6.07, 6.45) is 1.14. The quantitative estimate of drug-likeness (QED) is 0.901. The standard InChI is InChI=1S/C17H19NO2/c1-2-19-17-10-6-4-8-15(17)18-12-14-11-13-7-3-5-9-16(13)20-14/h3-10,14,18H,2,11-12H2,1H3. The number of para-hydroxylation sites is 3. The van der Waals surface area contributed by atoms with Crippen LogP contribution >= 0.6 is 0 Å². The van der Waals surface area contributed by atoms with Crippen molar-refractivity contribution in [2.45, 2.75) is 19.4 Å². The summed E-state index contributed by atoms with van der Waals surface area (Å²) in [6.45, 7) is 3.44. The Bertz CT molecular complexity index is 558. The normalized spacial score (nSPS) is 16.4. The van der Waals surface area contributed by atoms with Gasteiger partial charge in [-0.2, -0.15) is 0 Å². The lowest BCUT2D eigenvalue weighted by molar-refractivity contribution is 0.246. The molecule has 2 aromatic carbocycles. The summed E-state index contributed by atoms with van der Waals surface area (Å²) in [5.41, 5.74) is 2.31. The van der Waals surface area contributed by atoms with Crippen molar-refractivity contribution < 1.29 is 9.47 Å². The van der Waals surface area contributed by atoms with E-state index >= 15 is 0 Å². The molecule has 0 aliphatic carbocycles. The monoisotopic (exact) mass is 269 g/mol. The maximum absolute atomic E-state index is 5.93. The fourth-order valence-corrected chi connectivity index (χ4v) is 2.49. The Morgan fingerprint density at radius 2 is 1.95 bits per heavy atom. The van der Waals surface area contributed by atoms with Crippen LogP contribution in [-0.4, -0.2) is 19.3 Å². The topological polar surface area (TPSA) is 30.5 Å². The summed E-state index contributed by atoms with van der Waals surface area (Å²) in [6, 6.07) is 16.2. The number of ether oxygens (including phenoxy) is 2. The molecule has 1 aliphatic rings. The highest BCUT2D eigenvalue weighted by atomic mass is 16.5. The molecule has 0 radical (unpaired) electrons. The molecule has 1 unspecified atom stereocenters. The van der Waals surface area contributed by atoms with Gasteiger partial charge in [-0.3, -0.25) is 0 Å². The van der Waals surface area contributed by atoms with Gasteiger partial charge in [-0.1, -0.05) is 30.3 Å². The third kappa shape index (κ3) is 2.72. The summed E-state index contributed by atoms with van der Waals surface area (Å²) in [7, 11) is 0. The average Bonchev–Trinajstić information content (AvgIpc) is 2.89. The predicted octanol–water partition coefficient (Wildman–Crippen LogP) is 3.50. The Kier molecular flexibility index (Phi) is 3.77. The van der Waals surface area contributed by atoms with Crippen LogP contribution in [-0.2, 0) is 6.42 Å². The smallest absolute Gasteiger partial charge is 0.142 e.